The van der Waals surface area contributed by atoms with E-state index in [4.69, 9.17) is 0 Å². The SMILES string of the molecule is CCCC(C)NC(=O)C(C)S(=O)Cc1csc(-c2ccc(F)cc2)n1. The molecule has 1 amide bonds. The topological polar surface area (TPSA) is 59.1 Å². The van der Waals surface area contributed by atoms with Crippen LogP contribution < -0.4 is 5.32 Å². The van der Waals surface area contributed by atoms with Crippen LogP contribution in [0.4, 0.5) is 4.39 Å². The number of hydrogen-bond donors (Lipinski definition) is 1. The predicted octanol–water partition coefficient (Wildman–Crippen LogP) is 3.89. The number of benzene rings is 1. The molecule has 0 radical (unpaired) electrons. The summed E-state index contributed by atoms with van der Waals surface area (Å²) in [4.78, 5) is 16.6. The summed E-state index contributed by atoms with van der Waals surface area (Å²) in [6, 6.07) is 6.19. The van der Waals surface area contributed by atoms with E-state index in [-0.39, 0.29) is 23.5 Å². The van der Waals surface area contributed by atoms with E-state index < -0.39 is 16.0 Å². The molecule has 0 spiro atoms. The minimum atomic E-state index is -1.34. The van der Waals surface area contributed by atoms with Gasteiger partial charge in [-0.25, -0.2) is 9.37 Å². The van der Waals surface area contributed by atoms with Crippen LogP contribution in [0.15, 0.2) is 29.6 Å². The fraction of sp³-hybridized carbons (Fsp3) is 0.444. The van der Waals surface area contributed by atoms with Crippen LogP contribution in [0.1, 0.15) is 39.3 Å². The Morgan fingerprint density at radius 3 is 2.64 bits per heavy atom. The van der Waals surface area contributed by atoms with Crippen LogP contribution >= 0.6 is 11.3 Å². The van der Waals surface area contributed by atoms with Crippen molar-refractivity contribution in [2.75, 3.05) is 0 Å². The molecule has 0 fully saturated rings. The molecule has 4 nitrogen and oxygen atoms in total. The van der Waals surface area contributed by atoms with Gasteiger partial charge in [0.15, 0.2) is 0 Å². The quantitative estimate of drug-likeness (QED) is 0.753. The number of halogens is 1. The number of hydrogen-bond acceptors (Lipinski definition) is 4. The molecule has 25 heavy (non-hydrogen) atoms. The van der Waals surface area contributed by atoms with Gasteiger partial charge in [0.2, 0.25) is 5.91 Å². The molecule has 3 unspecified atom stereocenters. The second kappa shape index (κ2) is 9.20. The van der Waals surface area contributed by atoms with Crippen LogP contribution in [0.2, 0.25) is 0 Å². The number of thiazole rings is 1. The number of carbonyl (C=O) groups is 1. The molecule has 1 heterocycles. The van der Waals surface area contributed by atoms with Crippen molar-refractivity contribution >= 4 is 28.0 Å². The van der Waals surface area contributed by atoms with Crippen molar-refractivity contribution in [3.8, 4) is 10.6 Å². The zero-order valence-electron chi connectivity index (χ0n) is 14.6. The monoisotopic (exact) mass is 382 g/mol. The molecule has 0 saturated heterocycles. The molecule has 136 valence electrons. The summed E-state index contributed by atoms with van der Waals surface area (Å²) >= 11 is 1.42. The molecule has 0 saturated carbocycles. The number of nitrogens with one attached hydrogen (secondary N) is 1. The van der Waals surface area contributed by atoms with Crippen LogP contribution in [0.25, 0.3) is 10.6 Å². The first-order chi connectivity index (χ1) is 11.9. The Morgan fingerprint density at radius 1 is 1.32 bits per heavy atom. The van der Waals surface area contributed by atoms with Crippen molar-refractivity contribution in [3.05, 3.63) is 41.2 Å². The van der Waals surface area contributed by atoms with Crippen molar-refractivity contribution < 1.29 is 13.4 Å². The zero-order valence-corrected chi connectivity index (χ0v) is 16.3. The van der Waals surface area contributed by atoms with E-state index in [2.05, 4.69) is 17.2 Å². The van der Waals surface area contributed by atoms with E-state index in [1.54, 1.807) is 19.1 Å². The second-order valence-corrected chi connectivity index (χ2v) is 8.63. The normalized spacial score (nSPS) is 14.7. The third kappa shape index (κ3) is 5.71. The highest BCUT2D eigenvalue weighted by Gasteiger charge is 2.22. The van der Waals surface area contributed by atoms with Gasteiger partial charge in [0, 0.05) is 27.8 Å². The van der Waals surface area contributed by atoms with Gasteiger partial charge >= 0.3 is 0 Å². The van der Waals surface area contributed by atoms with E-state index in [1.165, 1.54) is 23.5 Å². The van der Waals surface area contributed by atoms with Crippen molar-refractivity contribution in [3.63, 3.8) is 0 Å². The van der Waals surface area contributed by atoms with Crippen LogP contribution in [0.5, 0.6) is 0 Å². The molecule has 0 aliphatic carbocycles. The lowest BCUT2D eigenvalue weighted by molar-refractivity contribution is -0.121. The van der Waals surface area contributed by atoms with Crippen LogP contribution in [-0.4, -0.2) is 26.4 Å². The third-order valence-corrected chi connectivity index (χ3v) is 6.33. The van der Waals surface area contributed by atoms with Gasteiger partial charge in [-0.15, -0.1) is 11.3 Å². The van der Waals surface area contributed by atoms with E-state index >= 15 is 0 Å². The summed E-state index contributed by atoms with van der Waals surface area (Å²) in [7, 11) is -1.34. The molecule has 0 aliphatic heterocycles. The maximum absolute atomic E-state index is 13.0. The first kappa shape index (κ1) is 19.7. The summed E-state index contributed by atoms with van der Waals surface area (Å²) in [5.41, 5.74) is 1.51. The van der Waals surface area contributed by atoms with Gasteiger partial charge < -0.3 is 5.32 Å². The number of amides is 1. The number of rotatable bonds is 8. The lowest BCUT2D eigenvalue weighted by atomic mass is 10.2. The Labute approximate surface area is 154 Å². The first-order valence-corrected chi connectivity index (χ1v) is 10.5. The Morgan fingerprint density at radius 2 is 2.00 bits per heavy atom. The van der Waals surface area contributed by atoms with Crippen molar-refractivity contribution in [1.29, 1.82) is 0 Å². The molecule has 3 atom stereocenters. The average molecular weight is 383 g/mol. The second-order valence-electron chi connectivity index (χ2n) is 6.02. The number of carbonyl (C=O) groups excluding carboxylic acids is 1. The minimum absolute atomic E-state index is 0.0845. The molecule has 0 aliphatic rings. The van der Waals surface area contributed by atoms with Crippen LogP contribution in [0, 0.1) is 5.82 Å². The fourth-order valence-electron chi connectivity index (χ4n) is 2.35. The van der Waals surface area contributed by atoms with Crippen molar-refractivity contribution in [1.82, 2.24) is 10.3 Å². The molecule has 0 bridgehead atoms. The molecule has 1 aromatic heterocycles. The standard InChI is InChI=1S/C18H23FN2O2S2/c1-4-5-12(2)20-17(22)13(3)25(23)11-16-10-24-18(21-16)14-6-8-15(19)9-7-14/h6-10,12-13H,4-5,11H2,1-3H3,(H,20,22). The summed E-state index contributed by atoms with van der Waals surface area (Å²) in [6.07, 6.45) is 1.89. The smallest absolute Gasteiger partial charge is 0.235 e. The van der Waals surface area contributed by atoms with E-state index in [0.29, 0.717) is 5.69 Å². The van der Waals surface area contributed by atoms with E-state index in [9.17, 15) is 13.4 Å². The van der Waals surface area contributed by atoms with E-state index in [0.717, 1.165) is 23.4 Å². The number of aromatic nitrogens is 1. The lowest BCUT2D eigenvalue weighted by Gasteiger charge is -2.16. The van der Waals surface area contributed by atoms with Gasteiger partial charge in [-0.2, -0.15) is 0 Å². The minimum Gasteiger partial charge on any atom is -0.353 e. The maximum atomic E-state index is 13.0. The molecular weight excluding hydrogens is 359 g/mol. The van der Waals surface area contributed by atoms with Gasteiger partial charge in [0.1, 0.15) is 16.1 Å². The van der Waals surface area contributed by atoms with Gasteiger partial charge in [0.05, 0.1) is 11.4 Å². The third-order valence-electron chi connectivity index (χ3n) is 3.81. The molecule has 2 rings (SSSR count). The largest absolute Gasteiger partial charge is 0.353 e. The summed E-state index contributed by atoms with van der Waals surface area (Å²) in [5, 5.41) is 4.90. The Hall–Kier alpha value is -1.60. The van der Waals surface area contributed by atoms with Gasteiger partial charge in [-0.1, -0.05) is 13.3 Å². The van der Waals surface area contributed by atoms with Crippen LogP contribution in [-0.2, 0) is 21.3 Å². The van der Waals surface area contributed by atoms with Crippen molar-refractivity contribution in [2.24, 2.45) is 0 Å². The summed E-state index contributed by atoms with van der Waals surface area (Å²) < 4.78 is 25.4. The highest BCUT2D eigenvalue weighted by molar-refractivity contribution is 7.85. The Balaban J connectivity index is 1.96. The molecule has 1 aromatic carbocycles. The summed E-state index contributed by atoms with van der Waals surface area (Å²) in [5.74, 6) is -0.249. The van der Waals surface area contributed by atoms with Crippen molar-refractivity contribution in [2.45, 2.75) is 50.7 Å². The highest BCUT2D eigenvalue weighted by atomic mass is 32.2. The Bertz CT molecular complexity index is 731. The van der Waals surface area contributed by atoms with Gasteiger partial charge in [0.25, 0.3) is 0 Å². The van der Waals surface area contributed by atoms with Crippen LogP contribution in [0.3, 0.4) is 0 Å². The summed E-state index contributed by atoms with van der Waals surface area (Å²) in [6.45, 7) is 5.69. The number of nitrogens with zero attached hydrogens (tertiary/aromatic N) is 1. The molecular formula is C18H23FN2O2S2. The van der Waals surface area contributed by atoms with Gasteiger partial charge in [-0.05, 0) is 44.5 Å². The average Bonchev–Trinajstić information content (AvgIpc) is 3.03. The Kier molecular flexibility index (Phi) is 7.25. The molecule has 1 N–H and O–H groups in total. The highest BCUT2D eigenvalue weighted by Crippen LogP contribution is 2.24. The van der Waals surface area contributed by atoms with E-state index in [1.807, 2.05) is 12.3 Å². The maximum Gasteiger partial charge on any atom is 0.235 e. The molecule has 7 heteroatoms. The zero-order chi connectivity index (χ0) is 18.4. The predicted molar refractivity (Wildman–Crippen MR) is 101 cm³/mol. The lowest BCUT2D eigenvalue weighted by Crippen LogP contribution is -2.40. The fourth-order valence-corrected chi connectivity index (χ4v) is 4.28. The first-order valence-electron chi connectivity index (χ1n) is 8.28. The molecule has 2 aromatic rings. The van der Waals surface area contributed by atoms with Gasteiger partial charge in [-0.3, -0.25) is 9.00 Å².